The third-order valence-corrected chi connectivity index (χ3v) is 3.84. The number of carbonyl (C=O) groups is 4. The predicted octanol–water partition coefficient (Wildman–Crippen LogP) is -8.28. The molecule has 0 radical (unpaired) electrons. The Morgan fingerprint density at radius 1 is 0.607 bits per heavy atom. The average molecular weight is 402 g/mol. The average Bonchev–Trinajstić information content (AvgIpc) is 2.66. The second kappa shape index (κ2) is 10.4. The van der Waals surface area contributed by atoms with Gasteiger partial charge in [0.2, 0.25) is 22.8 Å². The fraction of sp³-hybridized carbons (Fsp3) is 0.111. The maximum Gasteiger partial charge on any atom is 1.00 e. The molecule has 0 spiro atoms. The molecule has 2 aromatic rings. The molecule has 0 heterocycles. The third-order valence-electron chi connectivity index (χ3n) is 3.84. The third kappa shape index (κ3) is 4.45. The number of carbonyl (C=O) groups excluding carboxylic acids is 4. The molecule has 0 aliphatic heterocycles. The smallest absolute Gasteiger partial charge is 0.546 e. The van der Waals surface area contributed by atoms with Crippen molar-refractivity contribution < 1.29 is 98.7 Å². The van der Waals surface area contributed by atoms with E-state index >= 15 is 0 Å². The van der Waals surface area contributed by atoms with Gasteiger partial charge in [-0.15, -0.1) is 0 Å². The van der Waals surface area contributed by atoms with Crippen LogP contribution in [0.1, 0.15) is 20.7 Å². The van der Waals surface area contributed by atoms with Crippen LogP contribution in [0, 0.1) is 0 Å². The van der Waals surface area contributed by atoms with E-state index in [4.69, 9.17) is 0 Å². The van der Waals surface area contributed by atoms with Crippen LogP contribution in [0.15, 0.2) is 60.7 Å². The van der Waals surface area contributed by atoms with Gasteiger partial charge in [0, 0.05) is 11.1 Å². The molecule has 2 aromatic carbocycles. The van der Waals surface area contributed by atoms with E-state index < -0.39 is 45.8 Å². The first kappa shape index (κ1) is 26.6. The van der Waals surface area contributed by atoms with Gasteiger partial charge in [0.05, 0.1) is 11.9 Å². The van der Waals surface area contributed by atoms with Gasteiger partial charge in [-0.05, 0) is 0 Å². The molecule has 2 rings (SSSR count). The van der Waals surface area contributed by atoms with E-state index in [9.17, 15) is 39.6 Å². The van der Waals surface area contributed by atoms with E-state index in [2.05, 4.69) is 0 Å². The van der Waals surface area contributed by atoms with Crippen LogP contribution in [0.25, 0.3) is 0 Å². The number of Topliss-reactive ketones (excluding diaryl/α,β-unsaturated/α-hetero) is 2. The monoisotopic (exact) mass is 402 g/mol. The fourth-order valence-corrected chi connectivity index (χ4v) is 2.41. The first-order chi connectivity index (χ1) is 12.2. The van der Waals surface area contributed by atoms with Crippen molar-refractivity contribution in [1.29, 1.82) is 0 Å². The predicted molar refractivity (Wildman–Crippen MR) is 81.5 cm³/mol. The van der Waals surface area contributed by atoms with Crippen LogP contribution in [0.4, 0.5) is 0 Å². The maximum atomic E-state index is 12.5. The fourth-order valence-electron chi connectivity index (χ4n) is 2.41. The first-order valence-electron chi connectivity index (χ1n) is 7.24. The molecule has 0 aliphatic rings. The number of ketones is 2. The summed E-state index contributed by atoms with van der Waals surface area (Å²) < 4.78 is 0. The minimum atomic E-state index is -4.12. The molecule has 28 heavy (non-hydrogen) atoms. The van der Waals surface area contributed by atoms with Gasteiger partial charge < -0.3 is 30.0 Å². The van der Waals surface area contributed by atoms with Crippen molar-refractivity contribution in [2.24, 2.45) is 0 Å². The second-order valence-corrected chi connectivity index (χ2v) is 5.39. The summed E-state index contributed by atoms with van der Waals surface area (Å²) in [5.74, 6) is -8.81. The zero-order chi connectivity index (χ0) is 19.5. The molecular weight excluding hydrogens is 390 g/mol. The van der Waals surface area contributed by atoms with Gasteiger partial charge in [0.15, 0.2) is 0 Å². The number of rotatable bonds is 7. The summed E-state index contributed by atoms with van der Waals surface area (Å²) in [6.07, 6.45) is 0. The molecule has 134 valence electrons. The van der Waals surface area contributed by atoms with Crippen molar-refractivity contribution in [2.45, 2.75) is 11.2 Å². The van der Waals surface area contributed by atoms with Crippen LogP contribution in [0.2, 0.25) is 0 Å². The van der Waals surface area contributed by atoms with E-state index in [1.807, 2.05) is 0 Å². The molecule has 2 atom stereocenters. The van der Waals surface area contributed by atoms with Gasteiger partial charge in [-0.1, -0.05) is 60.7 Å². The Morgan fingerprint density at radius 3 is 1.07 bits per heavy atom. The summed E-state index contributed by atoms with van der Waals surface area (Å²) in [6.45, 7) is 0. The number of carboxylic acid groups (broad SMARTS) is 2. The zero-order valence-corrected chi connectivity index (χ0v) is 19.1. The molecule has 2 N–H and O–H groups in total. The minimum Gasteiger partial charge on any atom is -0.546 e. The normalized spacial score (nSPS) is 14.2. The van der Waals surface area contributed by atoms with Crippen LogP contribution in [0.3, 0.4) is 0 Å². The van der Waals surface area contributed by atoms with Crippen LogP contribution in [0.5, 0.6) is 0 Å². The molecule has 0 saturated heterocycles. The van der Waals surface area contributed by atoms with Crippen LogP contribution < -0.4 is 69.3 Å². The summed E-state index contributed by atoms with van der Waals surface area (Å²) in [4.78, 5) is 48.1. The summed E-state index contributed by atoms with van der Waals surface area (Å²) in [5, 5.41) is 43.9. The van der Waals surface area contributed by atoms with Gasteiger partial charge >= 0.3 is 59.1 Å². The molecule has 0 unspecified atom stereocenters. The Hall–Kier alpha value is -1.36. The summed E-state index contributed by atoms with van der Waals surface area (Å²) in [6, 6.07) is 12.4. The maximum absolute atomic E-state index is 12.5. The van der Waals surface area contributed by atoms with Crippen LogP contribution >= 0.6 is 0 Å². The summed E-state index contributed by atoms with van der Waals surface area (Å²) in [5.41, 5.74) is -9.17. The number of benzene rings is 2. The SMILES string of the molecule is O=C([O-])[C@](O)(C(=O)c1ccccc1)[C@](O)(C(=O)[O-])C(=O)c1ccccc1.[Na+].[Na+]. The Labute approximate surface area is 203 Å². The van der Waals surface area contributed by atoms with Crippen LogP contribution in [-0.2, 0) is 9.59 Å². The Bertz CT molecular complexity index is 798. The van der Waals surface area contributed by atoms with Crippen molar-refractivity contribution in [1.82, 2.24) is 0 Å². The molecule has 0 amide bonds. The van der Waals surface area contributed by atoms with E-state index in [0.717, 1.165) is 24.3 Å². The van der Waals surface area contributed by atoms with E-state index in [1.54, 1.807) is 0 Å². The molecule has 0 aliphatic carbocycles. The number of hydrogen-bond donors (Lipinski definition) is 2. The summed E-state index contributed by atoms with van der Waals surface area (Å²) >= 11 is 0. The first-order valence-corrected chi connectivity index (χ1v) is 7.24. The molecule has 0 aromatic heterocycles. The Kier molecular flexibility index (Phi) is 9.92. The molecule has 8 nitrogen and oxygen atoms in total. The number of aliphatic carboxylic acids is 2. The van der Waals surface area contributed by atoms with Crippen molar-refractivity contribution >= 4 is 23.5 Å². The molecule has 0 fully saturated rings. The minimum absolute atomic E-state index is 0. The Balaban J connectivity index is 0.00000364. The summed E-state index contributed by atoms with van der Waals surface area (Å²) in [7, 11) is 0. The second-order valence-electron chi connectivity index (χ2n) is 5.39. The molecular formula is C18H12Na2O8. The van der Waals surface area contributed by atoms with Gasteiger partial charge in [-0.25, -0.2) is 0 Å². The van der Waals surface area contributed by atoms with Gasteiger partial charge in [-0.3, -0.25) is 9.59 Å². The van der Waals surface area contributed by atoms with Crippen molar-refractivity contribution in [2.75, 3.05) is 0 Å². The number of carboxylic acids is 2. The van der Waals surface area contributed by atoms with Gasteiger partial charge in [0.25, 0.3) is 0 Å². The van der Waals surface area contributed by atoms with E-state index in [1.165, 1.54) is 36.4 Å². The topological polar surface area (TPSA) is 155 Å². The molecule has 10 heteroatoms. The Morgan fingerprint density at radius 2 is 0.857 bits per heavy atom. The number of hydrogen-bond acceptors (Lipinski definition) is 8. The zero-order valence-electron chi connectivity index (χ0n) is 15.1. The van der Waals surface area contributed by atoms with E-state index in [0.29, 0.717) is 0 Å². The van der Waals surface area contributed by atoms with E-state index in [-0.39, 0.29) is 59.1 Å². The van der Waals surface area contributed by atoms with Gasteiger partial charge in [0.1, 0.15) is 0 Å². The van der Waals surface area contributed by atoms with Gasteiger partial charge in [-0.2, -0.15) is 0 Å². The standard InChI is InChI=1S/C18H14O8.2Na/c19-13(11-7-3-1-4-8-11)17(25,15(21)22)18(26,16(23)24)14(20)12-9-5-2-6-10-12;;/h1-10,25-26H,(H,21,22)(H,23,24);;/q;2*+1/p-2/t17-,18-;;/m1../s1. The quantitative estimate of drug-likeness (QED) is 0.263. The number of aliphatic hydroxyl groups is 2. The molecule has 0 bridgehead atoms. The molecule has 0 saturated carbocycles. The van der Waals surface area contributed by atoms with Crippen molar-refractivity contribution in [3.8, 4) is 0 Å². The van der Waals surface area contributed by atoms with Crippen LogP contribution in [-0.4, -0.2) is 44.9 Å². The largest absolute Gasteiger partial charge is 1.00 e. The van der Waals surface area contributed by atoms with Crippen molar-refractivity contribution in [3.63, 3.8) is 0 Å². The van der Waals surface area contributed by atoms with Crippen molar-refractivity contribution in [3.05, 3.63) is 71.8 Å².